The second kappa shape index (κ2) is 8.56. The monoisotopic (exact) mass is 460 g/mol. The van der Waals surface area contributed by atoms with E-state index in [0.717, 1.165) is 36.9 Å². The summed E-state index contributed by atoms with van der Waals surface area (Å²) in [5.74, 6) is -0.902. The molecule has 0 spiro atoms. The highest BCUT2D eigenvalue weighted by molar-refractivity contribution is 6.16. The molecule has 34 heavy (non-hydrogen) atoms. The number of ether oxygens (including phenoxy) is 1. The van der Waals surface area contributed by atoms with Crippen LogP contribution in [0.5, 0.6) is 5.75 Å². The summed E-state index contributed by atoms with van der Waals surface area (Å²) < 4.78 is 11.2. The zero-order chi connectivity index (χ0) is 24.0. The summed E-state index contributed by atoms with van der Waals surface area (Å²) in [5, 5.41) is 11.7. The number of carbonyl (C=O) groups excluding carboxylic acids is 2. The molecule has 1 unspecified atom stereocenters. The van der Waals surface area contributed by atoms with E-state index >= 15 is 0 Å². The number of aliphatic hydroxyl groups is 1. The lowest BCUT2D eigenvalue weighted by Crippen LogP contribution is -2.38. The number of amides is 1. The smallest absolute Gasteiger partial charge is 0.290 e. The Hall–Kier alpha value is -3.74. The van der Waals surface area contributed by atoms with Crippen LogP contribution in [0.25, 0.3) is 11.0 Å². The highest BCUT2D eigenvalue weighted by Crippen LogP contribution is 2.44. The highest BCUT2D eigenvalue weighted by atomic mass is 16.5. The molecule has 1 aromatic heterocycles. The van der Waals surface area contributed by atoms with E-state index in [-0.39, 0.29) is 17.4 Å². The van der Waals surface area contributed by atoms with Crippen molar-refractivity contribution in [3.63, 3.8) is 0 Å². The maximum Gasteiger partial charge on any atom is 0.290 e. The Balaban J connectivity index is 1.61. The highest BCUT2D eigenvalue weighted by Gasteiger charge is 2.47. The van der Waals surface area contributed by atoms with Crippen LogP contribution in [0.3, 0.4) is 0 Å². The Morgan fingerprint density at radius 3 is 2.47 bits per heavy atom. The Morgan fingerprint density at radius 2 is 1.82 bits per heavy atom. The van der Waals surface area contributed by atoms with Gasteiger partial charge in [-0.3, -0.25) is 9.59 Å². The lowest BCUT2D eigenvalue weighted by atomic mass is 9.94. The number of para-hydroxylation sites is 1. The first kappa shape index (κ1) is 22.1. The molecule has 1 atom stereocenters. The molecule has 2 heterocycles. The average Bonchev–Trinajstić information content (AvgIpc) is 3.57. The summed E-state index contributed by atoms with van der Waals surface area (Å²) in [6.45, 7) is 0. The largest absolute Gasteiger partial charge is 0.503 e. The molecule has 7 heteroatoms. The quantitative estimate of drug-likeness (QED) is 0.520. The molecule has 5 rings (SSSR count). The molecule has 2 aromatic carbocycles. The van der Waals surface area contributed by atoms with Crippen molar-refractivity contribution in [1.29, 1.82) is 0 Å². The number of furan rings is 1. The topological polar surface area (TPSA) is 83.2 Å². The Morgan fingerprint density at radius 1 is 1.12 bits per heavy atom. The summed E-state index contributed by atoms with van der Waals surface area (Å²) in [5.41, 5.74) is 2.31. The van der Waals surface area contributed by atoms with E-state index in [1.165, 1.54) is 7.11 Å². The molecule has 176 valence electrons. The summed E-state index contributed by atoms with van der Waals surface area (Å²) >= 11 is 0. The maximum absolute atomic E-state index is 13.8. The van der Waals surface area contributed by atoms with E-state index in [2.05, 4.69) is 0 Å². The number of fused-ring (bicyclic) bond motifs is 1. The average molecular weight is 461 g/mol. The minimum Gasteiger partial charge on any atom is -0.503 e. The van der Waals surface area contributed by atoms with Crippen LogP contribution in [0.1, 0.15) is 47.8 Å². The Bertz CT molecular complexity index is 1280. The van der Waals surface area contributed by atoms with Gasteiger partial charge in [-0.25, -0.2) is 0 Å². The van der Waals surface area contributed by atoms with Gasteiger partial charge in [0.15, 0.2) is 22.9 Å². The number of hydrogen-bond acceptors (Lipinski definition) is 6. The van der Waals surface area contributed by atoms with Crippen molar-refractivity contribution >= 4 is 28.3 Å². The van der Waals surface area contributed by atoms with Gasteiger partial charge in [-0.05, 0) is 42.7 Å². The maximum atomic E-state index is 13.8. The van der Waals surface area contributed by atoms with Crippen molar-refractivity contribution in [1.82, 2.24) is 4.90 Å². The fourth-order valence-corrected chi connectivity index (χ4v) is 5.14. The Labute approximate surface area is 198 Å². The minimum absolute atomic E-state index is 0.0192. The number of hydrogen-bond donors (Lipinski definition) is 1. The summed E-state index contributed by atoms with van der Waals surface area (Å²) in [6, 6.07) is 14.1. The first-order valence-corrected chi connectivity index (χ1v) is 11.5. The summed E-state index contributed by atoms with van der Waals surface area (Å²) in [4.78, 5) is 30.7. The van der Waals surface area contributed by atoms with Crippen LogP contribution in [0.2, 0.25) is 0 Å². The summed E-state index contributed by atoms with van der Waals surface area (Å²) in [7, 11) is 5.45. The standard InChI is InChI=1S/C27H28N2O5/c1-28(2)18-13-11-16(12-14-18)23-22(25(31)27(32)29(23)19-8-4-5-9-19)24(30)21-15-17-7-6-10-20(33-3)26(17)34-21/h6-7,10-15,19,23,31H,4-5,8-9H2,1-3H3. The van der Waals surface area contributed by atoms with Gasteiger partial charge < -0.3 is 24.1 Å². The van der Waals surface area contributed by atoms with Gasteiger partial charge in [-0.15, -0.1) is 0 Å². The van der Waals surface area contributed by atoms with Gasteiger partial charge in [0, 0.05) is 31.2 Å². The molecule has 1 N–H and O–H groups in total. The number of rotatable bonds is 6. The van der Waals surface area contributed by atoms with Gasteiger partial charge in [-0.1, -0.05) is 37.1 Å². The first-order chi connectivity index (χ1) is 16.4. The molecule has 1 aliphatic heterocycles. The number of aliphatic hydroxyl groups excluding tert-OH is 1. The van der Waals surface area contributed by atoms with Crippen LogP contribution in [0.15, 0.2) is 64.3 Å². The molecule has 1 fully saturated rings. The molecule has 0 radical (unpaired) electrons. The predicted octanol–water partition coefficient (Wildman–Crippen LogP) is 5.03. The van der Waals surface area contributed by atoms with Crippen LogP contribution in [-0.4, -0.2) is 48.9 Å². The third-order valence-electron chi connectivity index (χ3n) is 6.88. The van der Waals surface area contributed by atoms with Gasteiger partial charge in [0.1, 0.15) is 0 Å². The third kappa shape index (κ3) is 3.52. The zero-order valence-corrected chi connectivity index (χ0v) is 19.6. The minimum atomic E-state index is -0.672. The molecule has 1 amide bonds. The van der Waals surface area contributed by atoms with Crippen LogP contribution in [-0.2, 0) is 4.79 Å². The number of nitrogens with zero attached hydrogens (tertiary/aromatic N) is 2. The van der Waals surface area contributed by atoms with E-state index in [4.69, 9.17) is 9.15 Å². The second-order valence-electron chi connectivity index (χ2n) is 9.12. The van der Waals surface area contributed by atoms with Crippen LogP contribution < -0.4 is 9.64 Å². The first-order valence-electron chi connectivity index (χ1n) is 11.5. The normalized spacial score (nSPS) is 18.9. The molecule has 0 saturated heterocycles. The fraction of sp³-hybridized carbons (Fsp3) is 0.333. The molecule has 7 nitrogen and oxygen atoms in total. The van der Waals surface area contributed by atoms with E-state index in [0.29, 0.717) is 16.7 Å². The molecule has 1 saturated carbocycles. The molecule has 0 bridgehead atoms. The van der Waals surface area contributed by atoms with Gasteiger partial charge in [-0.2, -0.15) is 0 Å². The molecule has 1 aliphatic carbocycles. The number of methoxy groups -OCH3 is 1. The molecule has 3 aromatic rings. The number of benzene rings is 2. The lowest BCUT2D eigenvalue weighted by Gasteiger charge is -2.32. The van der Waals surface area contributed by atoms with E-state index in [1.807, 2.05) is 55.4 Å². The van der Waals surface area contributed by atoms with Gasteiger partial charge in [0.25, 0.3) is 5.91 Å². The number of ketones is 1. The number of anilines is 1. The SMILES string of the molecule is COc1cccc2cc(C(=O)C3=C(O)C(=O)N(C4CCCC4)C3c3ccc(N(C)C)cc3)oc12. The van der Waals surface area contributed by atoms with Crippen molar-refractivity contribution in [2.45, 2.75) is 37.8 Å². The van der Waals surface area contributed by atoms with Gasteiger partial charge in [0.05, 0.1) is 18.7 Å². The lowest BCUT2D eigenvalue weighted by molar-refractivity contribution is -0.131. The van der Waals surface area contributed by atoms with Crippen LogP contribution in [0.4, 0.5) is 5.69 Å². The fourth-order valence-electron chi connectivity index (χ4n) is 5.14. The number of carbonyl (C=O) groups is 2. The van der Waals surface area contributed by atoms with E-state index in [9.17, 15) is 14.7 Å². The van der Waals surface area contributed by atoms with Crippen molar-refractivity contribution in [2.24, 2.45) is 0 Å². The van der Waals surface area contributed by atoms with E-state index in [1.54, 1.807) is 17.0 Å². The predicted molar refractivity (Wildman–Crippen MR) is 129 cm³/mol. The van der Waals surface area contributed by atoms with Gasteiger partial charge in [0.2, 0.25) is 5.78 Å². The van der Waals surface area contributed by atoms with Crippen molar-refractivity contribution in [3.8, 4) is 5.75 Å². The second-order valence-corrected chi connectivity index (χ2v) is 9.12. The van der Waals surface area contributed by atoms with Gasteiger partial charge >= 0.3 is 0 Å². The van der Waals surface area contributed by atoms with E-state index < -0.39 is 23.5 Å². The van der Waals surface area contributed by atoms with Crippen LogP contribution in [0, 0.1) is 0 Å². The summed E-state index contributed by atoms with van der Waals surface area (Å²) in [6.07, 6.45) is 3.76. The van der Waals surface area contributed by atoms with Crippen LogP contribution >= 0.6 is 0 Å². The van der Waals surface area contributed by atoms with Crippen molar-refractivity contribution in [3.05, 3.63) is 71.2 Å². The number of Topliss-reactive ketones (excluding diaryl/α,β-unsaturated/α-hetero) is 1. The molecular formula is C27H28N2O5. The molecular weight excluding hydrogens is 432 g/mol. The van der Waals surface area contributed by atoms with Crippen molar-refractivity contribution in [2.75, 3.05) is 26.1 Å². The Kier molecular flexibility index (Phi) is 5.55. The van der Waals surface area contributed by atoms with Crippen molar-refractivity contribution < 1.29 is 23.8 Å². The molecule has 2 aliphatic rings. The third-order valence-corrected chi connectivity index (χ3v) is 6.88. The zero-order valence-electron chi connectivity index (χ0n) is 19.6.